The third kappa shape index (κ3) is 4.71. The van der Waals surface area contributed by atoms with Crippen molar-refractivity contribution in [3.05, 3.63) is 70.8 Å². The third-order valence-corrected chi connectivity index (χ3v) is 6.18. The lowest BCUT2D eigenvalue weighted by molar-refractivity contribution is -0.437. The highest BCUT2D eigenvalue weighted by Crippen LogP contribution is 2.41. The summed E-state index contributed by atoms with van der Waals surface area (Å²) in [6.07, 6.45) is 4.19. The van der Waals surface area contributed by atoms with Gasteiger partial charge in [0, 0.05) is 46.2 Å². The van der Waals surface area contributed by atoms with Crippen LogP contribution in [0.15, 0.2) is 65.3 Å². The number of para-hydroxylation sites is 1. The molecule has 3 rings (SSSR count). The molecule has 0 unspecified atom stereocenters. The third-order valence-electron chi connectivity index (χ3n) is 4.89. The second-order valence-corrected chi connectivity index (χ2v) is 9.72. The first-order valence-electron chi connectivity index (χ1n) is 9.05. The molecule has 2 aromatic carbocycles. The largest absolute Gasteiger partial charge is 0.748 e. The molecule has 28 heavy (non-hydrogen) atoms. The first-order valence-corrected chi connectivity index (χ1v) is 11.4. The predicted octanol–water partition coefficient (Wildman–Crippen LogP) is 4.39. The summed E-state index contributed by atoms with van der Waals surface area (Å²) in [7, 11) is -4.22. The van der Waals surface area contributed by atoms with Gasteiger partial charge in [-0.1, -0.05) is 34.1 Å². The highest BCUT2D eigenvalue weighted by molar-refractivity contribution is 9.10. The summed E-state index contributed by atoms with van der Waals surface area (Å²) >= 11 is 3.54. The number of halogens is 1. The molecule has 148 valence electrons. The minimum atomic E-state index is -4.22. The summed E-state index contributed by atoms with van der Waals surface area (Å²) in [4.78, 5) is 0. The van der Waals surface area contributed by atoms with E-state index in [1.807, 2.05) is 54.7 Å². The van der Waals surface area contributed by atoms with Crippen LogP contribution in [-0.4, -0.2) is 35.6 Å². The summed E-state index contributed by atoms with van der Waals surface area (Å²) in [6, 6.07) is 16.0. The van der Waals surface area contributed by atoms with Gasteiger partial charge in [-0.3, -0.25) is 0 Å². The molecule has 0 saturated carbocycles. The monoisotopic (exact) mass is 462 g/mol. The smallest absolute Gasteiger partial charge is 0.209 e. The molecule has 1 N–H and O–H groups in total. The molecular formula is C21H23BrN2O3S. The van der Waals surface area contributed by atoms with Gasteiger partial charge in [0.25, 0.3) is 0 Å². The fourth-order valence-corrected chi connectivity index (χ4v) is 4.38. The quantitative estimate of drug-likeness (QED) is 0.489. The number of anilines is 1. The van der Waals surface area contributed by atoms with Crippen molar-refractivity contribution >= 4 is 43.1 Å². The number of allylic oxidation sites excluding steroid dienone is 1. The van der Waals surface area contributed by atoms with Crippen molar-refractivity contribution in [3.8, 4) is 0 Å². The number of rotatable bonds is 7. The van der Waals surface area contributed by atoms with E-state index < -0.39 is 10.1 Å². The van der Waals surface area contributed by atoms with Crippen LogP contribution in [0.4, 0.5) is 11.4 Å². The summed E-state index contributed by atoms with van der Waals surface area (Å²) in [5, 5.41) is 3.27. The van der Waals surface area contributed by atoms with Crippen LogP contribution in [0, 0.1) is 0 Å². The minimum absolute atomic E-state index is 0.260. The Morgan fingerprint density at radius 2 is 1.89 bits per heavy atom. The van der Waals surface area contributed by atoms with Crippen molar-refractivity contribution in [1.29, 1.82) is 0 Å². The maximum atomic E-state index is 11.0. The lowest BCUT2D eigenvalue weighted by Gasteiger charge is -2.15. The van der Waals surface area contributed by atoms with Gasteiger partial charge in [0.1, 0.15) is 6.54 Å². The number of nitrogens with one attached hydrogen (secondary N) is 1. The van der Waals surface area contributed by atoms with Crippen molar-refractivity contribution in [3.63, 3.8) is 0 Å². The number of hydrogen-bond donors (Lipinski definition) is 1. The van der Waals surface area contributed by atoms with Crippen LogP contribution in [0.1, 0.15) is 25.8 Å². The summed E-state index contributed by atoms with van der Waals surface area (Å²) in [5.41, 5.74) is 3.97. The maximum absolute atomic E-state index is 11.0. The van der Waals surface area contributed by atoms with E-state index in [1.165, 1.54) is 0 Å². The number of nitrogens with zero attached hydrogens (tertiary/aromatic N) is 1. The molecule has 1 aliphatic heterocycles. The van der Waals surface area contributed by atoms with E-state index in [-0.39, 0.29) is 17.6 Å². The van der Waals surface area contributed by atoms with E-state index in [9.17, 15) is 13.0 Å². The maximum Gasteiger partial charge on any atom is 0.209 e. The lowest BCUT2D eigenvalue weighted by atomic mass is 9.81. The average molecular weight is 463 g/mol. The molecule has 0 atom stereocenters. The predicted molar refractivity (Wildman–Crippen MR) is 115 cm³/mol. The number of hydrogen-bond acceptors (Lipinski definition) is 4. The first kappa shape index (κ1) is 20.8. The zero-order valence-corrected chi connectivity index (χ0v) is 18.3. The Labute approximate surface area is 174 Å². The normalized spacial score (nSPS) is 15.9. The van der Waals surface area contributed by atoms with Crippen LogP contribution in [-0.2, 0) is 15.5 Å². The van der Waals surface area contributed by atoms with Crippen LogP contribution in [0.5, 0.6) is 0 Å². The van der Waals surface area contributed by atoms with Crippen molar-refractivity contribution in [2.24, 2.45) is 0 Å². The Morgan fingerprint density at radius 1 is 1.18 bits per heavy atom. The van der Waals surface area contributed by atoms with E-state index in [1.54, 1.807) is 0 Å². The van der Waals surface area contributed by atoms with Crippen LogP contribution in [0.3, 0.4) is 0 Å². The molecule has 0 saturated heterocycles. The summed E-state index contributed by atoms with van der Waals surface area (Å²) in [5.74, 6) is -0.366. The van der Waals surface area contributed by atoms with Crippen molar-refractivity contribution in [2.45, 2.75) is 25.7 Å². The molecule has 0 aromatic heterocycles. The van der Waals surface area contributed by atoms with E-state index in [4.69, 9.17) is 0 Å². The number of fused-ring (bicyclic) bond motifs is 1. The Bertz CT molecular complexity index is 1030. The molecule has 0 amide bonds. The van der Waals surface area contributed by atoms with Crippen molar-refractivity contribution < 1.29 is 17.5 Å². The zero-order chi connectivity index (χ0) is 20.4. The standard InChI is InChI=1S/C21H23BrN2O3S/c1-21(2)18-15-16(22)9-10-19(18)24(13-6-14-28(25,26)27)20(21)11-12-23-17-7-4-3-5-8-17/h3-5,7-12,15H,6,13-14H2,1-2H3,(H,25,26,27). The molecule has 0 spiro atoms. The zero-order valence-electron chi connectivity index (χ0n) is 15.9. The van der Waals surface area contributed by atoms with Crippen molar-refractivity contribution in [2.75, 3.05) is 17.6 Å². The van der Waals surface area contributed by atoms with E-state index in [0.29, 0.717) is 6.54 Å². The Hall–Kier alpha value is -1.96. The molecule has 7 heteroatoms. The molecular weight excluding hydrogens is 440 g/mol. The lowest BCUT2D eigenvalue weighted by Crippen LogP contribution is -2.28. The van der Waals surface area contributed by atoms with E-state index in [2.05, 4.69) is 45.7 Å². The van der Waals surface area contributed by atoms with Gasteiger partial charge in [-0.15, -0.1) is 0 Å². The highest BCUT2D eigenvalue weighted by Gasteiger charge is 2.44. The average Bonchev–Trinajstić information content (AvgIpc) is 2.82. The van der Waals surface area contributed by atoms with Gasteiger partial charge < -0.3 is 9.87 Å². The second-order valence-electron chi connectivity index (χ2n) is 7.28. The van der Waals surface area contributed by atoms with Gasteiger partial charge in [-0.05, 0) is 38.1 Å². The molecule has 5 nitrogen and oxygen atoms in total. The molecule has 0 fully saturated rings. The fourth-order valence-electron chi connectivity index (χ4n) is 3.54. The molecule has 0 radical (unpaired) electrons. The second kappa shape index (κ2) is 8.19. The molecule has 2 aromatic rings. The summed E-state index contributed by atoms with van der Waals surface area (Å²) < 4.78 is 36.2. The molecule has 1 heterocycles. The molecule has 0 aliphatic carbocycles. The van der Waals surface area contributed by atoms with Gasteiger partial charge >= 0.3 is 0 Å². The van der Waals surface area contributed by atoms with Gasteiger partial charge in [-0.25, -0.2) is 8.42 Å². The van der Waals surface area contributed by atoms with E-state index in [0.717, 1.165) is 27.1 Å². The minimum Gasteiger partial charge on any atom is -0.748 e. The van der Waals surface area contributed by atoms with Crippen LogP contribution < -0.4 is 5.32 Å². The van der Waals surface area contributed by atoms with Gasteiger partial charge in [0.05, 0.1) is 15.5 Å². The SMILES string of the molecule is CC1(C)C(/C=C/Nc2ccccc2)=[N+](CCCS(=O)(=O)[O-])c2ccc(Br)cc21. The van der Waals surface area contributed by atoms with Crippen LogP contribution >= 0.6 is 15.9 Å². The van der Waals surface area contributed by atoms with Crippen molar-refractivity contribution in [1.82, 2.24) is 0 Å². The first-order chi connectivity index (χ1) is 13.2. The van der Waals surface area contributed by atoms with Gasteiger partial charge in [0.2, 0.25) is 5.69 Å². The Balaban J connectivity index is 1.93. The fraction of sp³-hybridized carbons (Fsp3) is 0.286. The number of benzene rings is 2. The van der Waals surface area contributed by atoms with Gasteiger partial charge in [-0.2, -0.15) is 4.58 Å². The van der Waals surface area contributed by atoms with Crippen LogP contribution in [0.25, 0.3) is 0 Å². The molecule has 1 aliphatic rings. The highest BCUT2D eigenvalue weighted by atomic mass is 79.9. The van der Waals surface area contributed by atoms with Crippen LogP contribution in [0.2, 0.25) is 0 Å². The van der Waals surface area contributed by atoms with E-state index >= 15 is 0 Å². The van der Waals surface area contributed by atoms with Gasteiger partial charge in [0.15, 0.2) is 5.71 Å². The summed E-state index contributed by atoms with van der Waals surface area (Å²) in [6.45, 7) is 4.75. The Kier molecular flexibility index (Phi) is 6.07. The Morgan fingerprint density at radius 3 is 2.57 bits per heavy atom. The molecule has 0 bridgehead atoms. The topological polar surface area (TPSA) is 72.2 Å².